The number of aromatic nitrogens is 2. The zero-order chi connectivity index (χ0) is 8.97. The van der Waals surface area contributed by atoms with Crippen LogP contribution in [-0.2, 0) is 13.5 Å². The van der Waals surface area contributed by atoms with E-state index in [0.29, 0.717) is 0 Å². The molecule has 2 nitrogen and oxygen atoms in total. The van der Waals surface area contributed by atoms with Crippen molar-refractivity contribution in [2.75, 3.05) is 0 Å². The molecule has 3 heteroatoms. The summed E-state index contributed by atoms with van der Waals surface area (Å²) in [5, 5.41) is 0. The first-order valence-electron chi connectivity index (χ1n) is 4.72. The van der Waals surface area contributed by atoms with Gasteiger partial charge in [-0.05, 0) is 12.3 Å². The van der Waals surface area contributed by atoms with Gasteiger partial charge in [0.05, 0.1) is 7.05 Å². The summed E-state index contributed by atoms with van der Waals surface area (Å²) in [6.45, 7) is 4.55. The van der Waals surface area contributed by atoms with E-state index in [-0.39, 0.29) is 12.4 Å². The standard InChI is InChI=1S/C10H18N2.ClH/c1-9(2)5-4-6-10-11-7-8-12(10)3;/h7-9H,4-6H2,1-3H3;1H. The second-order valence-corrected chi connectivity index (χ2v) is 3.80. The molecule has 1 heterocycles. The number of hydrogen-bond donors (Lipinski definition) is 1. The number of H-pyrrole nitrogens is 1. The summed E-state index contributed by atoms with van der Waals surface area (Å²) >= 11 is 0. The molecule has 0 aliphatic rings. The first-order valence-corrected chi connectivity index (χ1v) is 4.72. The Morgan fingerprint density at radius 2 is 2.15 bits per heavy atom. The fraction of sp³-hybridized carbons (Fsp3) is 0.700. The highest BCUT2D eigenvalue weighted by Crippen LogP contribution is 2.05. The van der Waals surface area contributed by atoms with E-state index in [0.717, 1.165) is 5.92 Å². The summed E-state index contributed by atoms with van der Waals surface area (Å²) in [6, 6.07) is 0. The topological polar surface area (TPSA) is 19.7 Å². The van der Waals surface area contributed by atoms with Gasteiger partial charge in [0.25, 0.3) is 5.82 Å². The Hall–Kier alpha value is -0.500. The first kappa shape index (κ1) is 12.5. The van der Waals surface area contributed by atoms with Gasteiger partial charge >= 0.3 is 0 Å². The maximum atomic E-state index is 3.24. The van der Waals surface area contributed by atoms with Crippen molar-refractivity contribution in [3.63, 3.8) is 0 Å². The highest BCUT2D eigenvalue weighted by molar-refractivity contribution is 4.76. The van der Waals surface area contributed by atoms with Gasteiger partial charge in [-0.25, -0.2) is 9.55 Å². The number of imidazole rings is 1. The fourth-order valence-electron chi connectivity index (χ4n) is 1.36. The van der Waals surface area contributed by atoms with E-state index in [1.165, 1.54) is 25.1 Å². The Labute approximate surface area is 86.8 Å². The van der Waals surface area contributed by atoms with Crippen molar-refractivity contribution in [3.05, 3.63) is 18.2 Å². The molecule has 0 bridgehead atoms. The Bertz CT molecular complexity index is 231. The van der Waals surface area contributed by atoms with Crippen LogP contribution in [0.3, 0.4) is 0 Å². The number of aromatic amines is 1. The molecule has 0 fully saturated rings. The van der Waals surface area contributed by atoms with Crippen LogP contribution in [0.25, 0.3) is 0 Å². The van der Waals surface area contributed by atoms with Gasteiger partial charge in [-0.1, -0.05) is 20.3 Å². The van der Waals surface area contributed by atoms with Crippen molar-refractivity contribution in [3.8, 4) is 0 Å². The van der Waals surface area contributed by atoms with Crippen molar-refractivity contribution in [1.29, 1.82) is 0 Å². The van der Waals surface area contributed by atoms with Crippen molar-refractivity contribution >= 4 is 0 Å². The average molecular weight is 203 g/mol. The van der Waals surface area contributed by atoms with E-state index in [1.54, 1.807) is 0 Å². The lowest BCUT2D eigenvalue weighted by Crippen LogP contribution is -3.00. The molecule has 0 aliphatic carbocycles. The van der Waals surface area contributed by atoms with Crippen LogP contribution >= 0.6 is 0 Å². The average Bonchev–Trinajstić information content (AvgIpc) is 2.36. The van der Waals surface area contributed by atoms with Crippen molar-refractivity contribution in [2.45, 2.75) is 33.1 Å². The van der Waals surface area contributed by atoms with Gasteiger partial charge in [-0.3, -0.25) is 0 Å². The van der Waals surface area contributed by atoms with E-state index in [4.69, 9.17) is 0 Å². The number of aryl methyl sites for hydroxylation is 2. The molecule has 0 amide bonds. The second-order valence-electron chi connectivity index (χ2n) is 3.80. The van der Waals surface area contributed by atoms with Gasteiger partial charge in [0.2, 0.25) is 0 Å². The third-order valence-corrected chi connectivity index (χ3v) is 2.17. The molecule has 1 rings (SSSR count). The molecule has 0 saturated heterocycles. The molecular weight excluding hydrogens is 184 g/mol. The van der Waals surface area contributed by atoms with Gasteiger partial charge in [0.1, 0.15) is 12.4 Å². The Morgan fingerprint density at radius 1 is 1.46 bits per heavy atom. The van der Waals surface area contributed by atoms with Crippen LogP contribution in [0.4, 0.5) is 0 Å². The smallest absolute Gasteiger partial charge is 0.253 e. The third kappa shape index (κ3) is 4.32. The molecule has 1 N–H and O–H groups in total. The molecule has 0 spiro atoms. The molecule has 1 aromatic heterocycles. The van der Waals surface area contributed by atoms with Crippen LogP contribution in [0.15, 0.2) is 12.4 Å². The molecular formula is C10H19ClN2. The summed E-state index contributed by atoms with van der Waals surface area (Å²) < 4.78 is 2.15. The zero-order valence-electron chi connectivity index (χ0n) is 8.68. The minimum atomic E-state index is 0. The van der Waals surface area contributed by atoms with Gasteiger partial charge in [0, 0.05) is 6.42 Å². The predicted octanol–water partition coefficient (Wildman–Crippen LogP) is -1.18. The van der Waals surface area contributed by atoms with E-state index in [9.17, 15) is 0 Å². The number of nitrogens with zero attached hydrogens (tertiary/aromatic N) is 1. The van der Waals surface area contributed by atoms with Crippen LogP contribution in [0.1, 0.15) is 32.5 Å². The molecule has 76 valence electrons. The van der Waals surface area contributed by atoms with Crippen LogP contribution in [0.5, 0.6) is 0 Å². The summed E-state index contributed by atoms with van der Waals surface area (Å²) in [4.78, 5) is 3.24. The lowest BCUT2D eigenvalue weighted by atomic mass is 10.1. The summed E-state index contributed by atoms with van der Waals surface area (Å²) in [5.41, 5.74) is 0. The van der Waals surface area contributed by atoms with Crippen molar-refractivity contribution in [2.24, 2.45) is 13.0 Å². The number of nitrogens with one attached hydrogen (secondary N) is 1. The SMILES string of the molecule is CC(C)CCCc1[nH]cc[n+]1C.[Cl-]. The van der Waals surface area contributed by atoms with E-state index < -0.39 is 0 Å². The molecule has 0 atom stereocenters. The van der Waals surface area contributed by atoms with Gasteiger partial charge < -0.3 is 12.4 Å². The minimum absolute atomic E-state index is 0. The molecule has 1 aromatic rings. The molecule has 13 heavy (non-hydrogen) atoms. The fourth-order valence-corrected chi connectivity index (χ4v) is 1.36. The summed E-state index contributed by atoms with van der Waals surface area (Å²) in [5.74, 6) is 2.15. The lowest BCUT2D eigenvalue weighted by molar-refractivity contribution is -0.677. The largest absolute Gasteiger partial charge is 1.00 e. The van der Waals surface area contributed by atoms with Crippen LogP contribution in [0, 0.1) is 5.92 Å². The van der Waals surface area contributed by atoms with Gasteiger partial charge in [0.15, 0.2) is 0 Å². The highest BCUT2D eigenvalue weighted by atomic mass is 35.5. The van der Waals surface area contributed by atoms with Crippen LogP contribution in [0.2, 0.25) is 0 Å². The molecule has 0 aromatic carbocycles. The first-order chi connectivity index (χ1) is 5.70. The normalized spacial score (nSPS) is 10.2. The predicted molar refractivity (Wildman–Crippen MR) is 49.7 cm³/mol. The Balaban J connectivity index is 0.00000144. The van der Waals surface area contributed by atoms with Crippen molar-refractivity contribution in [1.82, 2.24) is 4.98 Å². The zero-order valence-corrected chi connectivity index (χ0v) is 9.43. The third-order valence-electron chi connectivity index (χ3n) is 2.17. The lowest BCUT2D eigenvalue weighted by Gasteiger charge is -2.00. The van der Waals surface area contributed by atoms with Crippen LogP contribution < -0.4 is 17.0 Å². The van der Waals surface area contributed by atoms with Crippen LogP contribution in [-0.4, -0.2) is 4.98 Å². The summed E-state index contributed by atoms with van der Waals surface area (Å²) in [7, 11) is 2.08. The number of rotatable bonds is 4. The quantitative estimate of drug-likeness (QED) is 0.594. The molecule has 0 radical (unpaired) electrons. The summed E-state index contributed by atoms with van der Waals surface area (Å²) in [6.07, 6.45) is 7.82. The Morgan fingerprint density at radius 3 is 2.62 bits per heavy atom. The number of halogens is 1. The number of hydrogen-bond acceptors (Lipinski definition) is 0. The second kappa shape index (κ2) is 6.03. The van der Waals surface area contributed by atoms with E-state index in [2.05, 4.69) is 36.6 Å². The van der Waals surface area contributed by atoms with E-state index in [1.807, 2.05) is 6.20 Å². The molecule has 0 aliphatic heterocycles. The molecule has 0 saturated carbocycles. The molecule has 0 unspecified atom stereocenters. The van der Waals surface area contributed by atoms with Gasteiger partial charge in [-0.15, -0.1) is 0 Å². The Kier molecular flexibility index (Phi) is 5.80. The van der Waals surface area contributed by atoms with Gasteiger partial charge in [-0.2, -0.15) is 0 Å². The monoisotopic (exact) mass is 202 g/mol. The highest BCUT2D eigenvalue weighted by Gasteiger charge is 2.05. The maximum Gasteiger partial charge on any atom is 0.253 e. The van der Waals surface area contributed by atoms with Crippen molar-refractivity contribution < 1.29 is 17.0 Å². The minimum Gasteiger partial charge on any atom is -1.00 e. The maximum absolute atomic E-state index is 3.24. The van der Waals surface area contributed by atoms with E-state index >= 15 is 0 Å².